The number of para-hydroxylation sites is 1. The molecule has 1 saturated heterocycles. The molecule has 1 aromatic heterocycles. The van der Waals surface area contributed by atoms with Gasteiger partial charge in [0.2, 0.25) is 0 Å². The van der Waals surface area contributed by atoms with E-state index in [4.69, 9.17) is 0 Å². The van der Waals surface area contributed by atoms with E-state index in [0.29, 0.717) is 19.6 Å². The number of amides is 2. The lowest BCUT2D eigenvalue weighted by Gasteiger charge is -2.34. The molecule has 3 aromatic rings. The topological polar surface area (TPSA) is 79.2 Å². The maximum absolute atomic E-state index is 12.5. The summed E-state index contributed by atoms with van der Waals surface area (Å²) in [5.41, 5.74) is 2.93. The minimum absolute atomic E-state index is 0.0578. The van der Waals surface area contributed by atoms with E-state index >= 15 is 0 Å². The van der Waals surface area contributed by atoms with Crippen LogP contribution < -0.4 is 5.32 Å². The number of anilines is 1. The van der Waals surface area contributed by atoms with Crippen molar-refractivity contribution in [3.63, 3.8) is 0 Å². The molecule has 2 heterocycles. The lowest BCUT2D eigenvalue weighted by Crippen LogP contribution is -2.49. The molecule has 1 N–H and O–H groups in total. The molecule has 1 aliphatic heterocycles. The van der Waals surface area contributed by atoms with Crippen LogP contribution in [0.4, 0.5) is 10.5 Å². The van der Waals surface area contributed by atoms with Crippen LogP contribution in [0.3, 0.4) is 0 Å². The molecule has 0 radical (unpaired) electrons. The Balaban J connectivity index is 1.32. The standard InChI is InChI=1S/C20H23N7O/c1-16-7-9-17(10-8-16)21-20(28)26-13-11-25(12-14-26)15-19-22-23-24-27(19)18-5-3-2-4-6-18/h2-10H,11-15H2,1H3,(H,21,28). The van der Waals surface area contributed by atoms with Crippen LogP contribution in [-0.4, -0.2) is 62.2 Å². The number of hydrogen-bond donors (Lipinski definition) is 1. The van der Waals surface area contributed by atoms with E-state index < -0.39 is 0 Å². The maximum atomic E-state index is 12.5. The second kappa shape index (κ2) is 8.18. The summed E-state index contributed by atoms with van der Waals surface area (Å²) in [6.07, 6.45) is 0. The van der Waals surface area contributed by atoms with Gasteiger partial charge >= 0.3 is 6.03 Å². The van der Waals surface area contributed by atoms with Crippen molar-refractivity contribution in [2.75, 3.05) is 31.5 Å². The van der Waals surface area contributed by atoms with Crippen LogP contribution >= 0.6 is 0 Å². The first kappa shape index (κ1) is 18.1. The quantitative estimate of drug-likeness (QED) is 0.755. The number of piperazine rings is 1. The molecule has 1 aliphatic rings. The van der Waals surface area contributed by atoms with E-state index in [9.17, 15) is 4.79 Å². The Morgan fingerprint density at radius 1 is 1.00 bits per heavy atom. The summed E-state index contributed by atoms with van der Waals surface area (Å²) in [4.78, 5) is 16.6. The van der Waals surface area contributed by atoms with Gasteiger partial charge in [-0.25, -0.2) is 4.79 Å². The van der Waals surface area contributed by atoms with Crippen molar-refractivity contribution in [2.45, 2.75) is 13.5 Å². The first-order valence-corrected chi connectivity index (χ1v) is 9.37. The number of carbonyl (C=O) groups is 1. The molecule has 0 saturated carbocycles. The predicted octanol–water partition coefficient (Wildman–Crippen LogP) is 2.32. The van der Waals surface area contributed by atoms with E-state index in [2.05, 4.69) is 25.7 Å². The summed E-state index contributed by atoms with van der Waals surface area (Å²) in [5.74, 6) is 0.795. The second-order valence-corrected chi connectivity index (χ2v) is 6.90. The molecule has 4 rings (SSSR count). The highest BCUT2D eigenvalue weighted by atomic mass is 16.2. The Morgan fingerprint density at radius 3 is 2.43 bits per heavy atom. The highest BCUT2D eigenvalue weighted by Gasteiger charge is 2.22. The normalized spacial score (nSPS) is 14.8. The van der Waals surface area contributed by atoms with Crippen molar-refractivity contribution in [3.8, 4) is 5.69 Å². The van der Waals surface area contributed by atoms with Crippen molar-refractivity contribution in [3.05, 3.63) is 66.0 Å². The lowest BCUT2D eigenvalue weighted by molar-refractivity contribution is 0.140. The van der Waals surface area contributed by atoms with Gasteiger partial charge in [-0.3, -0.25) is 4.90 Å². The van der Waals surface area contributed by atoms with Gasteiger partial charge in [0, 0.05) is 31.9 Å². The fourth-order valence-corrected chi connectivity index (χ4v) is 3.22. The molecule has 0 aliphatic carbocycles. The third-order valence-corrected chi connectivity index (χ3v) is 4.86. The molecule has 2 aromatic carbocycles. The van der Waals surface area contributed by atoms with Gasteiger partial charge in [0.25, 0.3) is 0 Å². The predicted molar refractivity (Wildman–Crippen MR) is 106 cm³/mol. The highest BCUT2D eigenvalue weighted by Crippen LogP contribution is 2.13. The van der Waals surface area contributed by atoms with Crippen LogP contribution in [0.1, 0.15) is 11.4 Å². The fraction of sp³-hybridized carbons (Fsp3) is 0.300. The number of rotatable bonds is 4. The zero-order valence-electron chi connectivity index (χ0n) is 15.8. The fourth-order valence-electron chi connectivity index (χ4n) is 3.22. The number of tetrazole rings is 1. The van der Waals surface area contributed by atoms with Crippen molar-refractivity contribution in [1.29, 1.82) is 0 Å². The molecule has 0 spiro atoms. The zero-order valence-corrected chi connectivity index (χ0v) is 15.8. The van der Waals surface area contributed by atoms with Crippen molar-refractivity contribution in [1.82, 2.24) is 30.0 Å². The molecule has 8 nitrogen and oxygen atoms in total. The van der Waals surface area contributed by atoms with E-state index in [1.54, 1.807) is 4.68 Å². The minimum atomic E-state index is -0.0578. The smallest absolute Gasteiger partial charge is 0.321 e. The van der Waals surface area contributed by atoms with Crippen molar-refractivity contribution >= 4 is 11.7 Å². The van der Waals surface area contributed by atoms with Crippen LogP contribution in [0.5, 0.6) is 0 Å². The van der Waals surface area contributed by atoms with E-state index in [1.165, 1.54) is 5.56 Å². The molecule has 2 amide bonds. The minimum Gasteiger partial charge on any atom is -0.322 e. The SMILES string of the molecule is Cc1ccc(NC(=O)N2CCN(Cc3nnnn3-c3ccccc3)CC2)cc1. The average molecular weight is 377 g/mol. The van der Waals surface area contributed by atoms with E-state index in [-0.39, 0.29) is 6.03 Å². The Hall–Kier alpha value is -3.26. The van der Waals surface area contributed by atoms with Gasteiger partial charge in [0.15, 0.2) is 5.82 Å². The van der Waals surface area contributed by atoms with Crippen LogP contribution in [0.25, 0.3) is 5.69 Å². The summed E-state index contributed by atoms with van der Waals surface area (Å²) in [6.45, 7) is 5.58. The molecule has 28 heavy (non-hydrogen) atoms. The molecule has 0 atom stereocenters. The number of benzene rings is 2. The van der Waals surface area contributed by atoms with Gasteiger partial charge in [-0.05, 0) is 41.6 Å². The molecular weight excluding hydrogens is 354 g/mol. The first-order valence-electron chi connectivity index (χ1n) is 9.37. The van der Waals surface area contributed by atoms with E-state index in [1.807, 2.05) is 66.4 Å². The maximum Gasteiger partial charge on any atom is 0.321 e. The average Bonchev–Trinajstić information content (AvgIpc) is 3.19. The summed E-state index contributed by atoms with van der Waals surface area (Å²) in [7, 11) is 0. The molecule has 1 fully saturated rings. The van der Waals surface area contributed by atoms with Crippen molar-refractivity contribution in [2.24, 2.45) is 0 Å². The lowest BCUT2D eigenvalue weighted by atomic mass is 10.2. The van der Waals surface area contributed by atoms with Crippen LogP contribution in [0.15, 0.2) is 54.6 Å². The number of urea groups is 1. The molecule has 0 bridgehead atoms. The summed E-state index contributed by atoms with van der Waals surface area (Å²) in [5, 5.41) is 15.1. The number of aromatic nitrogens is 4. The number of carbonyl (C=O) groups excluding carboxylic acids is 1. The Bertz CT molecular complexity index is 915. The van der Waals surface area contributed by atoms with Gasteiger partial charge in [-0.2, -0.15) is 4.68 Å². The van der Waals surface area contributed by atoms with Gasteiger partial charge < -0.3 is 10.2 Å². The Kier molecular flexibility index (Phi) is 5.29. The molecule has 0 unspecified atom stereocenters. The summed E-state index contributed by atoms with van der Waals surface area (Å²) < 4.78 is 1.76. The third kappa shape index (κ3) is 4.17. The summed E-state index contributed by atoms with van der Waals surface area (Å²) in [6, 6.07) is 17.6. The Labute approximate surface area is 163 Å². The second-order valence-electron chi connectivity index (χ2n) is 6.90. The van der Waals surface area contributed by atoms with Gasteiger partial charge in [0.1, 0.15) is 0 Å². The molecule has 8 heteroatoms. The number of hydrogen-bond acceptors (Lipinski definition) is 5. The van der Waals surface area contributed by atoms with Gasteiger partial charge in [-0.1, -0.05) is 35.9 Å². The molecular formula is C20H23N7O. The largest absolute Gasteiger partial charge is 0.322 e. The third-order valence-electron chi connectivity index (χ3n) is 4.86. The number of nitrogens with zero attached hydrogens (tertiary/aromatic N) is 6. The Morgan fingerprint density at radius 2 is 1.71 bits per heavy atom. The number of nitrogens with one attached hydrogen (secondary N) is 1. The van der Waals surface area contributed by atoms with E-state index in [0.717, 1.165) is 30.3 Å². The monoisotopic (exact) mass is 377 g/mol. The van der Waals surface area contributed by atoms with Crippen LogP contribution in [0.2, 0.25) is 0 Å². The molecule has 144 valence electrons. The van der Waals surface area contributed by atoms with Gasteiger partial charge in [-0.15, -0.1) is 5.10 Å². The zero-order chi connectivity index (χ0) is 19.3. The van der Waals surface area contributed by atoms with Crippen LogP contribution in [0, 0.1) is 6.92 Å². The summed E-state index contributed by atoms with van der Waals surface area (Å²) >= 11 is 0. The number of aryl methyl sites for hydroxylation is 1. The first-order chi connectivity index (χ1) is 13.7. The van der Waals surface area contributed by atoms with Crippen molar-refractivity contribution < 1.29 is 4.79 Å². The highest BCUT2D eigenvalue weighted by molar-refractivity contribution is 5.89. The van der Waals surface area contributed by atoms with Gasteiger partial charge in [0.05, 0.1) is 12.2 Å². The van der Waals surface area contributed by atoms with Crippen LogP contribution in [-0.2, 0) is 6.54 Å².